The van der Waals surface area contributed by atoms with Crippen LogP contribution in [0.15, 0.2) is 29.0 Å². The molecule has 0 fully saturated rings. The molecule has 2 rings (SSSR count). The molecule has 0 aliphatic carbocycles. The van der Waals surface area contributed by atoms with E-state index < -0.39 is 11.7 Å². The molecule has 0 aliphatic rings. The van der Waals surface area contributed by atoms with Crippen molar-refractivity contribution in [2.45, 2.75) is 6.18 Å². The molecule has 0 atom stereocenters. The first-order valence-electron chi connectivity index (χ1n) is 5.46. The highest BCUT2D eigenvalue weighted by molar-refractivity contribution is 9.10. The van der Waals surface area contributed by atoms with Gasteiger partial charge in [0.25, 0.3) is 0 Å². The Bertz CT molecular complexity index is 631. The molecule has 0 bridgehead atoms. The predicted octanol–water partition coefficient (Wildman–Crippen LogP) is 1.63. The quantitative estimate of drug-likeness (QED) is 0.858. The minimum Gasteiger partial charge on any atom is -0.495 e. The molecule has 1 heterocycles. The van der Waals surface area contributed by atoms with Crippen LogP contribution in [0.5, 0.6) is 5.75 Å². The molecule has 20 heavy (non-hydrogen) atoms. The first kappa shape index (κ1) is 14.9. The van der Waals surface area contributed by atoms with E-state index in [1.54, 1.807) is 6.07 Å². The van der Waals surface area contributed by atoms with E-state index in [0.717, 1.165) is 17.1 Å². The van der Waals surface area contributed by atoms with Crippen molar-refractivity contribution in [3.63, 3.8) is 0 Å². The van der Waals surface area contributed by atoms with E-state index in [2.05, 4.69) is 21.0 Å². The maximum atomic E-state index is 12.6. The number of hydrogen-bond acceptors (Lipinski definition) is 3. The normalized spacial score (nSPS) is 11.5. The van der Waals surface area contributed by atoms with Gasteiger partial charge in [0, 0.05) is 12.3 Å². The van der Waals surface area contributed by atoms with E-state index in [0.29, 0.717) is 21.4 Å². The summed E-state index contributed by atoms with van der Waals surface area (Å²) in [4.78, 5) is 0. The lowest BCUT2D eigenvalue weighted by Crippen LogP contribution is -2.21. The summed E-state index contributed by atoms with van der Waals surface area (Å²) in [5.74, 6) is 0.432. The zero-order valence-electron chi connectivity index (χ0n) is 10.3. The number of hydrogen-bond donors (Lipinski definition) is 1. The molecular formula is C11H9BBrF3N2O2. The Kier molecular flexibility index (Phi) is 4.10. The zero-order valence-corrected chi connectivity index (χ0v) is 11.9. The Labute approximate surface area is 121 Å². The van der Waals surface area contributed by atoms with Crippen molar-refractivity contribution < 1.29 is 22.9 Å². The minimum atomic E-state index is -4.46. The number of benzene rings is 1. The number of nitrogens with zero attached hydrogens (tertiary/aromatic N) is 2. The Morgan fingerprint density at radius 3 is 2.60 bits per heavy atom. The standard InChI is InChI=1S/C11H9BBrF3N2O2/c1-20-10-3-9(7(12-19)2-8(10)13)18-5-6(4-17-18)11(14,15)16/h2-5,12,19H,1H3. The van der Waals surface area contributed by atoms with Gasteiger partial charge in [0.05, 0.1) is 29.0 Å². The second-order valence-corrected chi connectivity index (χ2v) is 4.80. The van der Waals surface area contributed by atoms with Crippen LogP contribution in [0.25, 0.3) is 5.69 Å². The van der Waals surface area contributed by atoms with Gasteiger partial charge in [-0.1, -0.05) is 0 Å². The van der Waals surface area contributed by atoms with Gasteiger partial charge in [-0.05, 0) is 27.5 Å². The van der Waals surface area contributed by atoms with E-state index in [-0.39, 0.29) is 7.48 Å². The van der Waals surface area contributed by atoms with Crippen LogP contribution in [0.1, 0.15) is 5.56 Å². The lowest BCUT2D eigenvalue weighted by molar-refractivity contribution is -0.137. The third-order valence-corrected chi connectivity index (χ3v) is 3.30. The molecule has 2 aromatic rings. The van der Waals surface area contributed by atoms with E-state index in [1.165, 1.54) is 13.2 Å². The van der Waals surface area contributed by atoms with E-state index in [1.807, 2.05) is 0 Å². The fraction of sp³-hybridized carbons (Fsp3) is 0.182. The fourth-order valence-electron chi connectivity index (χ4n) is 1.68. The highest BCUT2D eigenvalue weighted by atomic mass is 79.9. The van der Waals surface area contributed by atoms with Gasteiger partial charge in [-0.15, -0.1) is 0 Å². The summed E-state index contributed by atoms with van der Waals surface area (Å²) in [6.07, 6.45) is -2.87. The molecule has 0 spiro atoms. The predicted molar refractivity (Wildman–Crippen MR) is 71.8 cm³/mol. The largest absolute Gasteiger partial charge is 0.495 e. The van der Waals surface area contributed by atoms with Gasteiger partial charge in [0.15, 0.2) is 0 Å². The van der Waals surface area contributed by atoms with Crippen molar-refractivity contribution >= 4 is 28.9 Å². The Morgan fingerprint density at radius 2 is 2.10 bits per heavy atom. The fourth-order valence-corrected chi connectivity index (χ4v) is 2.23. The van der Waals surface area contributed by atoms with Crippen LogP contribution in [0, 0.1) is 0 Å². The van der Waals surface area contributed by atoms with Crippen LogP contribution >= 0.6 is 15.9 Å². The van der Waals surface area contributed by atoms with Gasteiger partial charge in [-0.3, -0.25) is 0 Å². The summed E-state index contributed by atoms with van der Waals surface area (Å²) in [7, 11) is 1.10. The van der Waals surface area contributed by atoms with Crippen molar-refractivity contribution in [2.75, 3.05) is 7.11 Å². The number of alkyl halides is 3. The van der Waals surface area contributed by atoms with Crippen LogP contribution in [-0.2, 0) is 6.18 Å². The molecule has 9 heteroatoms. The van der Waals surface area contributed by atoms with Gasteiger partial charge >= 0.3 is 13.7 Å². The number of ether oxygens (including phenoxy) is 1. The van der Waals surface area contributed by atoms with Crippen LogP contribution in [0.2, 0.25) is 0 Å². The summed E-state index contributed by atoms with van der Waals surface area (Å²) in [6, 6.07) is 3.08. The van der Waals surface area contributed by atoms with E-state index in [9.17, 15) is 18.2 Å². The first-order chi connectivity index (χ1) is 9.36. The van der Waals surface area contributed by atoms with Crippen LogP contribution in [0.4, 0.5) is 13.2 Å². The van der Waals surface area contributed by atoms with Crippen molar-refractivity contribution in [3.05, 3.63) is 34.6 Å². The average molecular weight is 349 g/mol. The molecule has 0 unspecified atom stereocenters. The number of halogens is 4. The maximum Gasteiger partial charge on any atom is 0.419 e. The number of methoxy groups -OCH3 is 1. The third kappa shape index (κ3) is 2.83. The third-order valence-electron chi connectivity index (χ3n) is 2.68. The van der Waals surface area contributed by atoms with Crippen LogP contribution in [0.3, 0.4) is 0 Å². The van der Waals surface area contributed by atoms with Crippen molar-refractivity contribution in [1.82, 2.24) is 9.78 Å². The molecule has 1 aromatic carbocycles. The Hall–Kier alpha value is -1.48. The SMILES string of the molecule is COc1cc(-n2cc(C(F)(F)F)cn2)c(BO)cc1Br. The number of aromatic nitrogens is 2. The van der Waals surface area contributed by atoms with Gasteiger partial charge < -0.3 is 9.76 Å². The smallest absolute Gasteiger partial charge is 0.419 e. The molecule has 0 amide bonds. The summed E-state index contributed by atoms with van der Waals surface area (Å²) in [6.45, 7) is 0. The van der Waals surface area contributed by atoms with Gasteiger partial charge in [0.2, 0.25) is 0 Å². The maximum absolute atomic E-state index is 12.6. The molecular weight excluding hydrogens is 340 g/mol. The topological polar surface area (TPSA) is 47.3 Å². The first-order valence-corrected chi connectivity index (χ1v) is 6.25. The Balaban J connectivity index is 2.54. The monoisotopic (exact) mass is 348 g/mol. The highest BCUT2D eigenvalue weighted by Crippen LogP contribution is 2.30. The van der Waals surface area contributed by atoms with Gasteiger partial charge in [-0.2, -0.15) is 18.3 Å². The molecule has 1 N–H and O–H groups in total. The van der Waals surface area contributed by atoms with Gasteiger partial charge in [0.1, 0.15) is 5.75 Å². The molecule has 1 aromatic heterocycles. The molecule has 106 valence electrons. The molecule has 0 radical (unpaired) electrons. The summed E-state index contributed by atoms with van der Waals surface area (Å²) >= 11 is 3.25. The zero-order chi connectivity index (χ0) is 14.9. The molecule has 0 saturated heterocycles. The highest BCUT2D eigenvalue weighted by Gasteiger charge is 2.32. The summed E-state index contributed by atoms with van der Waals surface area (Å²) < 4.78 is 44.5. The second-order valence-electron chi connectivity index (χ2n) is 3.94. The van der Waals surface area contributed by atoms with Crippen LogP contribution < -0.4 is 10.2 Å². The lowest BCUT2D eigenvalue weighted by Gasteiger charge is -2.11. The molecule has 0 aliphatic heterocycles. The summed E-state index contributed by atoms with van der Waals surface area (Å²) in [5.41, 5.74) is -0.110. The van der Waals surface area contributed by atoms with Gasteiger partial charge in [-0.25, -0.2) is 4.68 Å². The molecule has 0 saturated carbocycles. The van der Waals surface area contributed by atoms with E-state index >= 15 is 0 Å². The average Bonchev–Trinajstić information content (AvgIpc) is 2.87. The Morgan fingerprint density at radius 1 is 1.40 bits per heavy atom. The minimum absolute atomic E-state index is 0.322. The summed E-state index contributed by atoms with van der Waals surface area (Å²) in [5, 5.41) is 13.0. The van der Waals surface area contributed by atoms with Crippen LogP contribution in [-0.4, -0.2) is 29.4 Å². The second kappa shape index (κ2) is 5.49. The lowest BCUT2D eigenvalue weighted by atomic mass is 9.87. The van der Waals surface area contributed by atoms with Crippen molar-refractivity contribution in [3.8, 4) is 11.4 Å². The van der Waals surface area contributed by atoms with Crippen molar-refractivity contribution in [1.29, 1.82) is 0 Å². The molecule has 4 nitrogen and oxygen atoms in total. The number of rotatable bonds is 3. The van der Waals surface area contributed by atoms with Crippen molar-refractivity contribution in [2.24, 2.45) is 0 Å². The van der Waals surface area contributed by atoms with E-state index in [4.69, 9.17) is 4.74 Å².